The third-order valence-corrected chi connectivity index (χ3v) is 4.82. The van der Waals surface area contributed by atoms with E-state index in [-0.39, 0.29) is 24.7 Å². The molecule has 1 fully saturated rings. The first-order valence-corrected chi connectivity index (χ1v) is 8.50. The highest BCUT2D eigenvalue weighted by Gasteiger charge is 2.25. The summed E-state index contributed by atoms with van der Waals surface area (Å²) in [7, 11) is 0. The van der Waals surface area contributed by atoms with Gasteiger partial charge in [0.25, 0.3) is 0 Å². The number of carbonyl (C=O) groups excluding carboxylic acids is 2. The molecule has 0 spiro atoms. The van der Waals surface area contributed by atoms with Crippen molar-refractivity contribution in [2.45, 2.75) is 39.7 Å². The number of nitrogens with one attached hydrogen (secondary N) is 1. The van der Waals surface area contributed by atoms with Crippen LogP contribution in [0.4, 0.5) is 0 Å². The minimum Gasteiger partial charge on any atom is -0.340 e. The highest BCUT2D eigenvalue weighted by Crippen LogP contribution is 2.25. The second kappa shape index (κ2) is 8.26. The molecular weight excluding hydrogens is 304 g/mol. The number of nitrogens with two attached hydrogens (primary N) is 1. The van der Waals surface area contributed by atoms with Gasteiger partial charge >= 0.3 is 0 Å². The molecular formula is C18H28N4O2. The van der Waals surface area contributed by atoms with Crippen LogP contribution in [0, 0.1) is 13.8 Å². The van der Waals surface area contributed by atoms with E-state index >= 15 is 0 Å². The lowest BCUT2D eigenvalue weighted by molar-refractivity contribution is -0.135. The summed E-state index contributed by atoms with van der Waals surface area (Å²) >= 11 is 0. The molecule has 1 heterocycles. The van der Waals surface area contributed by atoms with Gasteiger partial charge < -0.3 is 4.90 Å². The Bertz CT molecular complexity index is 595. The summed E-state index contributed by atoms with van der Waals surface area (Å²) in [4.78, 5) is 27.5. The summed E-state index contributed by atoms with van der Waals surface area (Å²) in [6.45, 7) is 9.60. The Morgan fingerprint density at radius 3 is 2.42 bits per heavy atom. The van der Waals surface area contributed by atoms with Gasteiger partial charge in [0.1, 0.15) is 0 Å². The first-order chi connectivity index (χ1) is 11.4. The highest BCUT2D eigenvalue weighted by molar-refractivity contribution is 5.83. The van der Waals surface area contributed by atoms with Crippen LogP contribution in [-0.2, 0) is 9.59 Å². The fourth-order valence-electron chi connectivity index (χ4n) is 3.30. The molecule has 1 unspecified atom stereocenters. The third kappa shape index (κ3) is 4.55. The van der Waals surface area contributed by atoms with E-state index in [1.165, 1.54) is 16.7 Å². The van der Waals surface area contributed by atoms with E-state index in [1.807, 2.05) is 4.90 Å². The van der Waals surface area contributed by atoms with E-state index < -0.39 is 0 Å². The average Bonchev–Trinajstić information content (AvgIpc) is 2.59. The number of aryl methyl sites for hydroxylation is 2. The molecule has 1 aromatic carbocycles. The van der Waals surface area contributed by atoms with Crippen molar-refractivity contribution in [2.75, 3.05) is 26.2 Å². The van der Waals surface area contributed by atoms with Gasteiger partial charge in [0.2, 0.25) is 11.8 Å². The van der Waals surface area contributed by atoms with Gasteiger partial charge in [-0.3, -0.25) is 19.9 Å². The average molecular weight is 332 g/mol. The maximum Gasteiger partial charge on any atom is 0.234 e. The quantitative estimate of drug-likeness (QED) is 0.484. The zero-order valence-corrected chi connectivity index (χ0v) is 14.8. The molecule has 0 bridgehead atoms. The van der Waals surface area contributed by atoms with E-state index in [4.69, 9.17) is 5.84 Å². The maximum atomic E-state index is 12.1. The molecule has 6 nitrogen and oxygen atoms in total. The zero-order valence-electron chi connectivity index (χ0n) is 14.8. The largest absolute Gasteiger partial charge is 0.340 e. The van der Waals surface area contributed by atoms with Crippen molar-refractivity contribution in [3.63, 3.8) is 0 Å². The van der Waals surface area contributed by atoms with E-state index in [2.05, 4.69) is 49.3 Å². The molecule has 3 N–H and O–H groups in total. The number of nitrogens with zero attached hydrogens (tertiary/aromatic N) is 2. The minimum atomic E-state index is -0.301. The number of rotatable bonds is 5. The van der Waals surface area contributed by atoms with E-state index in [0.29, 0.717) is 19.1 Å². The van der Waals surface area contributed by atoms with E-state index in [0.717, 1.165) is 13.1 Å². The predicted octanol–water partition coefficient (Wildman–Crippen LogP) is 1.28. The molecule has 24 heavy (non-hydrogen) atoms. The molecule has 1 atom stereocenters. The van der Waals surface area contributed by atoms with Crippen molar-refractivity contribution in [3.05, 3.63) is 34.9 Å². The number of amides is 2. The van der Waals surface area contributed by atoms with Gasteiger partial charge in [-0.2, -0.15) is 0 Å². The van der Waals surface area contributed by atoms with Crippen LogP contribution in [-0.4, -0.2) is 47.8 Å². The number of hydrogen-bond acceptors (Lipinski definition) is 4. The summed E-state index contributed by atoms with van der Waals surface area (Å²) in [6, 6.07) is 6.92. The Hall–Kier alpha value is -1.92. The zero-order chi connectivity index (χ0) is 17.7. The van der Waals surface area contributed by atoms with Crippen molar-refractivity contribution in [3.8, 4) is 0 Å². The molecule has 1 saturated heterocycles. The van der Waals surface area contributed by atoms with Gasteiger partial charge in [-0.1, -0.05) is 23.8 Å². The van der Waals surface area contributed by atoms with Gasteiger partial charge in [0.15, 0.2) is 0 Å². The van der Waals surface area contributed by atoms with Crippen LogP contribution < -0.4 is 11.3 Å². The number of benzene rings is 1. The maximum absolute atomic E-state index is 12.1. The van der Waals surface area contributed by atoms with Crippen molar-refractivity contribution in [2.24, 2.45) is 5.84 Å². The third-order valence-electron chi connectivity index (χ3n) is 4.82. The molecule has 132 valence electrons. The molecule has 0 saturated carbocycles. The summed E-state index contributed by atoms with van der Waals surface area (Å²) in [5, 5.41) is 0. The van der Waals surface area contributed by atoms with Crippen LogP contribution in [0.2, 0.25) is 0 Å². The Labute approximate surface area is 144 Å². The summed E-state index contributed by atoms with van der Waals surface area (Å²) in [5.74, 6) is 4.76. The Kier molecular flexibility index (Phi) is 6.34. The predicted molar refractivity (Wildman–Crippen MR) is 94.0 cm³/mol. The van der Waals surface area contributed by atoms with Crippen LogP contribution in [0.1, 0.15) is 42.5 Å². The van der Waals surface area contributed by atoms with Crippen LogP contribution in [0.3, 0.4) is 0 Å². The summed E-state index contributed by atoms with van der Waals surface area (Å²) < 4.78 is 0. The molecule has 2 amide bonds. The molecule has 1 aromatic rings. The smallest absolute Gasteiger partial charge is 0.234 e. The van der Waals surface area contributed by atoms with Crippen molar-refractivity contribution in [1.29, 1.82) is 0 Å². The van der Waals surface area contributed by atoms with E-state index in [1.54, 1.807) is 0 Å². The fraction of sp³-hybridized carbons (Fsp3) is 0.556. The lowest BCUT2D eigenvalue weighted by Crippen LogP contribution is -2.49. The molecule has 0 radical (unpaired) electrons. The second-order valence-corrected chi connectivity index (χ2v) is 6.52. The standard InChI is InChI=1S/C18H28N4O2/c1-13-4-5-16(14(2)12-13)15(3)21-8-10-22(11-9-21)18(24)7-6-17(23)20-19/h4-5,12,15H,6-11,19H2,1-3H3,(H,20,23). The van der Waals surface area contributed by atoms with Gasteiger partial charge in [0.05, 0.1) is 0 Å². The van der Waals surface area contributed by atoms with Gasteiger partial charge in [-0.15, -0.1) is 0 Å². The lowest BCUT2D eigenvalue weighted by Gasteiger charge is -2.38. The van der Waals surface area contributed by atoms with E-state index in [9.17, 15) is 9.59 Å². The summed E-state index contributed by atoms with van der Waals surface area (Å²) in [5.41, 5.74) is 5.99. The molecule has 1 aliphatic rings. The lowest BCUT2D eigenvalue weighted by atomic mass is 9.98. The molecule has 0 aliphatic carbocycles. The first kappa shape index (κ1) is 18.4. The van der Waals surface area contributed by atoms with Gasteiger partial charge in [0, 0.05) is 45.1 Å². The van der Waals surface area contributed by atoms with Crippen LogP contribution in [0.15, 0.2) is 18.2 Å². The monoisotopic (exact) mass is 332 g/mol. The van der Waals surface area contributed by atoms with Gasteiger partial charge in [-0.25, -0.2) is 5.84 Å². The number of hydrazine groups is 1. The normalized spacial score (nSPS) is 16.8. The van der Waals surface area contributed by atoms with Crippen LogP contribution in [0.5, 0.6) is 0 Å². The Morgan fingerprint density at radius 2 is 1.83 bits per heavy atom. The van der Waals surface area contributed by atoms with Crippen LogP contribution in [0.25, 0.3) is 0 Å². The SMILES string of the molecule is Cc1ccc(C(C)N2CCN(C(=O)CCC(=O)NN)CC2)c(C)c1. The second-order valence-electron chi connectivity index (χ2n) is 6.52. The number of carbonyl (C=O) groups is 2. The minimum absolute atomic E-state index is 0.0254. The van der Waals surface area contributed by atoms with Crippen molar-refractivity contribution in [1.82, 2.24) is 15.2 Å². The molecule has 0 aromatic heterocycles. The molecule has 6 heteroatoms. The topological polar surface area (TPSA) is 78.7 Å². The summed E-state index contributed by atoms with van der Waals surface area (Å²) in [6.07, 6.45) is 0.365. The molecule has 1 aliphatic heterocycles. The van der Waals surface area contributed by atoms with Crippen LogP contribution >= 0.6 is 0 Å². The molecule has 2 rings (SSSR count). The Balaban J connectivity index is 1.87. The van der Waals surface area contributed by atoms with Gasteiger partial charge in [-0.05, 0) is 31.9 Å². The Morgan fingerprint density at radius 1 is 1.17 bits per heavy atom. The number of piperazine rings is 1. The van der Waals surface area contributed by atoms with Crippen molar-refractivity contribution >= 4 is 11.8 Å². The highest BCUT2D eigenvalue weighted by atomic mass is 16.2. The number of hydrogen-bond donors (Lipinski definition) is 2. The fourth-order valence-corrected chi connectivity index (χ4v) is 3.30. The first-order valence-electron chi connectivity index (χ1n) is 8.50. The van der Waals surface area contributed by atoms with Crippen molar-refractivity contribution < 1.29 is 9.59 Å².